The Morgan fingerprint density at radius 3 is 2.27 bits per heavy atom. The van der Waals surface area contributed by atoms with Gasteiger partial charge in [-0.25, -0.2) is 4.98 Å². The lowest BCUT2D eigenvalue weighted by molar-refractivity contribution is -0.142. The number of para-hydroxylation sites is 1. The highest BCUT2D eigenvalue weighted by atomic mass is 16.4. The van der Waals surface area contributed by atoms with E-state index in [4.69, 9.17) is 10.7 Å². The van der Waals surface area contributed by atoms with Crippen LogP contribution in [0.3, 0.4) is 0 Å². The number of anilines is 1. The minimum Gasteiger partial charge on any atom is -0.480 e. The Morgan fingerprint density at radius 1 is 0.795 bits per heavy atom. The molecule has 7 nitrogen and oxygen atoms in total. The normalized spacial score (nSPS) is 20.9. The lowest BCUT2D eigenvalue weighted by atomic mass is 9.67. The number of carboxylic acids is 1. The van der Waals surface area contributed by atoms with Crippen molar-refractivity contribution in [3.05, 3.63) is 95.6 Å². The fourth-order valence-corrected chi connectivity index (χ4v) is 8.23. The molecular weight excluding hydrogens is 548 g/mol. The van der Waals surface area contributed by atoms with Crippen LogP contribution in [0.25, 0.3) is 22.0 Å². The summed E-state index contributed by atoms with van der Waals surface area (Å²) in [5, 5.41) is 12.2. The predicted octanol–water partition coefficient (Wildman–Crippen LogP) is 5.88. The summed E-state index contributed by atoms with van der Waals surface area (Å²) < 4.78 is 0. The molecule has 1 amide bonds. The number of benzene rings is 3. The summed E-state index contributed by atoms with van der Waals surface area (Å²) in [6.45, 7) is 4.68. The first-order chi connectivity index (χ1) is 21.4. The minimum absolute atomic E-state index is 0.336. The SMILES string of the molecule is NC(=O)C1(c2cccc3c2C(CCCCN2CCN(c4ccc5ccccc5n4)CC2)(C(=O)O)c2ccccc2-3)CCCC1. The van der Waals surface area contributed by atoms with E-state index in [9.17, 15) is 14.7 Å². The van der Waals surface area contributed by atoms with Gasteiger partial charge in [0.05, 0.1) is 10.9 Å². The number of piperazine rings is 1. The van der Waals surface area contributed by atoms with E-state index in [1.54, 1.807) is 0 Å². The third-order valence-electron chi connectivity index (χ3n) is 10.5. The van der Waals surface area contributed by atoms with Gasteiger partial charge in [0, 0.05) is 31.6 Å². The van der Waals surface area contributed by atoms with Gasteiger partial charge in [-0.3, -0.25) is 14.5 Å². The summed E-state index contributed by atoms with van der Waals surface area (Å²) in [4.78, 5) is 36.3. The second-order valence-corrected chi connectivity index (χ2v) is 12.8. The Morgan fingerprint density at radius 2 is 1.50 bits per heavy atom. The van der Waals surface area contributed by atoms with Gasteiger partial charge in [0.25, 0.3) is 0 Å². The molecule has 2 heterocycles. The fraction of sp³-hybridized carbons (Fsp3) is 0.378. The predicted molar refractivity (Wildman–Crippen MR) is 174 cm³/mol. The molecule has 44 heavy (non-hydrogen) atoms. The second kappa shape index (κ2) is 11.4. The smallest absolute Gasteiger partial charge is 0.318 e. The van der Waals surface area contributed by atoms with Crippen molar-refractivity contribution in [2.45, 2.75) is 55.8 Å². The molecule has 0 radical (unpaired) electrons. The van der Waals surface area contributed by atoms with Crippen molar-refractivity contribution in [1.82, 2.24) is 9.88 Å². The molecule has 7 heteroatoms. The number of nitrogens with zero attached hydrogens (tertiary/aromatic N) is 3. The van der Waals surface area contributed by atoms with Crippen molar-refractivity contribution in [1.29, 1.82) is 0 Å². The van der Waals surface area contributed by atoms with E-state index in [1.165, 1.54) is 0 Å². The zero-order chi connectivity index (χ0) is 30.3. The lowest BCUT2D eigenvalue weighted by Gasteiger charge is -2.36. The van der Waals surface area contributed by atoms with Crippen molar-refractivity contribution in [2.75, 3.05) is 37.6 Å². The molecule has 1 saturated carbocycles. The number of rotatable bonds is 9. The number of pyridine rings is 1. The summed E-state index contributed by atoms with van der Waals surface area (Å²) in [7, 11) is 0. The molecule has 226 valence electrons. The van der Waals surface area contributed by atoms with Gasteiger partial charge < -0.3 is 15.7 Å². The Bertz CT molecular complexity index is 1720. The van der Waals surface area contributed by atoms with Crippen LogP contribution in [0.4, 0.5) is 5.82 Å². The number of hydrogen-bond acceptors (Lipinski definition) is 5. The maximum absolute atomic E-state index is 13.5. The number of nitrogens with two attached hydrogens (primary N) is 1. The van der Waals surface area contributed by atoms with Crippen LogP contribution in [-0.2, 0) is 20.4 Å². The standard InChI is InChI=1S/C37H40N4O3/c38-34(42)36(18-5-6-19-36)30-14-9-12-28-27-11-2-3-13-29(27)37(33(28)30,35(43)44)20-7-8-21-40-22-24-41(25-23-40)32-17-16-26-10-1-4-15-31(26)39-32/h1-4,9-17H,5-8,18-25H2,(H2,38,42)(H,43,44). The number of aliphatic carboxylic acids is 1. The van der Waals surface area contributed by atoms with Gasteiger partial charge in [-0.05, 0) is 78.2 Å². The van der Waals surface area contributed by atoms with Crippen molar-refractivity contribution >= 4 is 28.6 Å². The quantitative estimate of drug-likeness (QED) is 0.237. The molecule has 0 bridgehead atoms. The number of carboxylic acid groups (broad SMARTS) is 1. The lowest BCUT2D eigenvalue weighted by Crippen LogP contribution is -2.47. The summed E-state index contributed by atoms with van der Waals surface area (Å²) in [6.07, 6.45) is 5.35. The van der Waals surface area contributed by atoms with Crippen LogP contribution in [0.5, 0.6) is 0 Å². The molecule has 7 rings (SSSR count). The van der Waals surface area contributed by atoms with Crippen LogP contribution in [0, 0.1) is 0 Å². The van der Waals surface area contributed by atoms with Gasteiger partial charge in [-0.1, -0.05) is 79.9 Å². The number of aromatic nitrogens is 1. The first-order valence-electron chi connectivity index (χ1n) is 16.0. The van der Waals surface area contributed by atoms with Crippen molar-refractivity contribution in [3.63, 3.8) is 0 Å². The molecule has 1 aromatic heterocycles. The highest BCUT2D eigenvalue weighted by molar-refractivity contribution is 6.00. The Hall–Kier alpha value is -4.23. The van der Waals surface area contributed by atoms with E-state index in [1.807, 2.05) is 54.6 Å². The first kappa shape index (κ1) is 28.5. The van der Waals surface area contributed by atoms with Crippen LogP contribution in [0.2, 0.25) is 0 Å². The molecule has 2 aliphatic carbocycles. The summed E-state index contributed by atoms with van der Waals surface area (Å²) in [5.41, 5.74) is 9.48. The highest BCUT2D eigenvalue weighted by Gasteiger charge is 2.54. The van der Waals surface area contributed by atoms with Gasteiger partial charge in [-0.15, -0.1) is 0 Å². The van der Waals surface area contributed by atoms with Crippen LogP contribution >= 0.6 is 0 Å². The topological polar surface area (TPSA) is 99.8 Å². The van der Waals surface area contributed by atoms with Gasteiger partial charge >= 0.3 is 5.97 Å². The Balaban J connectivity index is 1.08. The number of amides is 1. The molecule has 1 atom stereocenters. The van der Waals surface area contributed by atoms with Crippen LogP contribution in [-0.4, -0.2) is 59.6 Å². The van der Waals surface area contributed by atoms with Crippen LogP contribution in [0.15, 0.2) is 78.9 Å². The number of hydrogen-bond donors (Lipinski definition) is 2. The molecule has 1 aliphatic heterocycles. The second-order valence-electron chi connectivity index (χ2n) is 12.8. The van der Waals surface area contributed by atoms with Crippen LogP contribution in [0.1, 0.15) is 61.6 Å². The van der Waals surface area contributed by atoms with E-state index < -0.39 is 16.8 Å². The number of fused-ring (bicyclic) bond motifs is 4. The van der Waals surface area contributed by atoms with Crippen molar-refractivity contribution in [3.8, 4) is 11.1 Å². The monoisotopic (exact) mass is 588 g/mol. The highest BCUT2D eigenvalue weighted by Crippen LogP contribution is 2.56. The van der Waals surface area contributed by atoms with E-state index in [2.05, 4.69) is 34.1 Å². The maximum atomic E-state index is 13.5. The number of primary amides is 1. The molecular formula is C37H40N4O3. The minimum atomic E-state index is -1.20. The number of carbonyl (C=O) groups excluding carboxylic acids is 1. The zero-order valence-corrected chi connectivity index (χ0v) is 25.2. The Labute approximate surface area is 258 Å². The van der Waals surface area contributed by atoms with Gasteiger partial charge in [-0.2, -0.15) is 0 Å². The van der Waals surface area contributed by atoms with Gasteiger partial charge in [0.2, 0.25) is 5.91 Å². The van der Waals surface area contributed by atoms with E-state index >= 15 is 0 Å². The Kier molecular flexibility index (Phi) is 7.37. The summed E-state index contributed by atoms with van der Waals surface area (Å²) in [6, 6.07) is 26.3. The molecule has 1 unspecified atom stereocenters. The van der Waals surface area contributed by atoms with Crippen LogP contribution < -0.4 is 10.6 Å². The summed E-state index contributed by atoms with van der Waals surface area (Å²) in [5.74, 6) is -0.154. The molecule has 2 fully saturated rings. The molecule has 3 aliphatic rings. The summed E-state index contributed by atoms with van der Waals surface area (Å²) >= 11 is 0. The maximum Gasteiger partial charge on any atom is 0.318 e. The zero-order valence-electron chi connectivity index (χ0n) is 25.2. The molecule has 4 aromatic rings. The first-order valence-corrected chi connectivity index (χ1v) is 16.0. The van der Waals surface area contributed by atoms with E-state index in [-0.39, 0.29) is 5.91 Å². The largest absolute Gasteiger partial charge is 0.480 e. The van der Waals surface area contributed by atoms with Crippen molar-refractivity contribution < 1.29 is 14.7 Å². The molecule has 3 aromatic carbocycles. The average Bonchev–Trinajstić information content (AvgIpc) is 3.67. The molecule has 0 spiro atoms. The van der Waals surface area contributed by atoms with Gasteiger partial charge in [0.1, 0.15) is 11.2 Å². The van der Waals surface area contributed by atoms with E-state index in [0.29, 0.717) is 19.3 Å². The number of unbranched alkanes of at least 4 members (excludes halogenated alkanes) is 1. The molecule has 1 saturated heterocycles. The third-order valence-corrected chi connectivity index (χ3v) is 10.5. The fourth-order valence-electron chi connectivity index (χ4n) is 8.23. The third kappa shape index (κ3) is 4.56. The average molecular weight is 589 g/mol. The number of carbonyl (C=O) groups is 2. The van der Waals surface area contributed by atoms with E-state index in [0.717, 1.165) is 103 Å². The molecule has 3 N–H and O–H groups in total. The van der Waals surface area contributed by atoms with Gasteiger partial charge in [0.15, 0.2) is 0 Å². The van der Waals surface area contributed by atoms with Crippen molar-refractivity contribution in [2.24, 2.45) is 5.73 Å².